The van der Waals surface area contributed by atoms with Gasteiger partial charge in [0.15, 0.2) is 0 Å². The molecule has 0 saturated carbocycles. The van der Waals surface area contributed by atoms with Crippen LogP contribution in [0, 0.1) is 12.8 Å². The number of carboxylic acid groups (broad SMARTS) is 1. The molecule has 5 nitrogen and oxygen atoms in total. The van der Waals surface area contributed by atoms with E-state index in [0.717, 1.165) is 5.56 Å². The molecule has 1 rings (SSSR count). The van der Waals surface area contributed by atoms with Crippen LogP contribution in [-0.2, 0) is 4.79 Å². The molecule has 2 amide bonds. The number of anilines is 1. The van der Waals surface area contributed by atoms with Crippen molar-refractivity contribution in [3.8, 4) is 0 Å². The Balaban J connectivity index is 2.73. The average molecular weight is 299 g/mol. The van der Waals surface area contributed by atoms with E-state index in [-0.39, 0.29) is 5.92 Å². The molecule has 0 fully saturated rings. The molecule has 0 saturated heterocycles. The van der Waals surface area contributed by atoms with Gasteiger partial charge in [0.25, 0.3) is 0 Å². The summed E-state index contributed by atoms with van der Waals surface area (Å²) in [7, 11) is 0. The number of halogens is 1. The quantitative estimate of drug-likeness (QED) is 0.780. The third kappa shape index (κ3) is 4.42. The summed E-state index contributed by atoms with van der Waals surface area (Å²) in [4.78, 5) is 23.0. The fourth-order valence-corrected chi connectivity index (χ4v) is 1.99. The summed E-state index contributed by atoms with van der Waals surface area (Å²) >= 11 is 6.00. The number of amides is 2. The normalized spacial score (nSPS) is 13.4. The molecule has 1 aromatic rings. The van der Waals surface area contributed by atoms with Gasteiger partial charge >= 0.3 is 12.0 Å². The second kappa shape index (κ2) is 7.14. The Morgan fingerprint density at radius 1 is 1.40 bits per heavy atom. The third-order valence-corrected chi connectivity index (χ3v) is 3.45. The van der Waals surface area contributed by atoms with Gasteiger partial charge in [-0.25, -0.2) is 9.59 Å². The van der Waals surface area contributed by atoms with E-state index in [4.69, 9.17) is 16.7 Å². The van der Waals surface area contributed by atoms with Crippen LogP contribution >= 0.6 is 11.6 Å². The van der Waals surface area contributed by atoms with Crippen molar-refractivity contribution in [1.82, 2.24) is 5.32 Å². The van der Waals surface area contributed by atoms with Gasteiger partial charge in [0, 0.05) is 0 Å². The van der Waals surface area contributed by atoms with Gasteiger partial charge in [-0.1, -0.05) is 37.9 Å². The Hall–Kier alpha value is -1.75. The van der Waals surface area contributed by atoms with E-state index in [9.17, 15) is 9.59 Å². The lowest BCUT2D eigenvalue weighted by atomic mass is 9.99. The van der Waals surface area contributed by atoms with E-state index < -0.39 is 18.0 Å². The van der Waals surface area contributed by atoms with Gasteiger partial charge in [-0.15, -0.1) is 0 Å². The lowest BCUT2D eigenvalue weighted by Gasteiger charge is -2.20. The van der Waals surface area contributed by atoms with Crippen LogP contribution < -0.4 is 10.6 Å². The highest BCUT2D eigenvalue weighted by Crippen LogP contribution is 2.22. The molecule has 6 heteroatoms. The Labute approximate surface area is 123 Å². The predicted octanol–water partition coefficient (Wildman–Crippen LogP) is 3.27. The van der Waals surface area contributed by atoms with Crippen LogP contribution in [0.4, 0.5) is 10.5 Å². The van der Waals surface area contributed by atoms with Crippen molar-refractivity contribution in [3.05, 3.63) is 28.8 Å². The topological polar surface area (TPSA) is 78.4 Å². The number of hydrogen-bond donors (Lipinski definition) is 3. The fraction of sp³-hybridized carbons (Fsp3) is 0.429. The van der Waals surface area contributed by atoms with Crippen LogP contribution in [0.5, 0.6) is 0 Å². The summed E-state index contributed by atoms with van der Waals surface area (Å²) < 4.78 is 0. The SMILES string of the molecule is CC[C@H](C)[C@H](NC(=O)Nc1ccc(C)cc1Cl)C(=O)O. The van der Waals surface area contributed by atoms with Crippen molar-refractivity contribution in [3.63, 3.8) is 0 Å². The minimum atomic E-state index is -1.05. The molecule has 1 aromatic carbocycles. The minimum absolute atomic E-state index is 0.160. The maximum atomic E-state index is 11.8. The lowest BCUT2D eigenvalue weighted by Crippen LogP contribution is -2.46. The van der Waals surface area contributed by atoms with Crippen LogP contribution in [0.1, 0.15) is 25.8 Å². The van der Waals surface area contributed by atoms with E-state index in [1.54, 1.807) is 19.1 Å². The summed E-state index contributed by atoms with van der Waals surface area (Å²) in [5, 5.41) is 14.5. The molecule has 2 atom stereocenters. The second-order valence-electron chi connectivity index (χ2n) is 4.78. The molecule has 0 bridgehead atoms. The largest absolute Gasteiger partial charge is 0.480 e. The van der Waals surface area contributed by atoms with Crippen molar-refractivity contribution in [2.24, 2.45) is 5.92 Å². The first kappa shape index (κ1) is 16.3. The first-order chi connectivity index (χ1) is 9.35. The Morgan fingerprint density at radius 3 is 2.55 bits per heavy atom. The Morgan fingerprint density at radius 2 is 2.05 bits per heavy atom. The molecule has 0 aliphatic carbocycles. The third-order valence-electron chi connectivity index (χ3n) is 3.14. The fourth-order valence-electron chi connectivity index (χ4n) is 1.70. The summed E-state index contributed by atoms with van der Waals surface area (Å²) in [6, 6.07) is 3.70. The molecule has 0 heterocycles. The monoisotopic (exact) mass is 298 g/mol. The lowest BCUT2D eigenvalue weighted by molar-refractivity contribution is -0.140. The number of aliphatic carboxylic acids is 1. The summed E-state index contributed by atoms with van der Waals surface area (Å²) in [6.45, 7) is 5.54. The van der Waals surface area contributed by atoms with Crippen LogP contribution in [0.15, 0.2) is 18.2 Å². The van der Waals surface area contributed by atoms with E-state index in [0.29, 0.717) is 17.1 Å². The van der Waals surface area contributed by atoms with E-state index in [2.05, 4.69) is 10.6 Å². The molecule has 0 aromatic heterocycles. The van der Waals surface area contributed by atoms with Crippen LogP contribution in [-0.4, -0.2) is 23.1 Å². The number of carbonyl (C=O) groups is 2. The predicted molar refractivity (Wildman–Crippen MR) is 79.2 cm³/mol. The van der Waals surface area contributed by atoms with Crippen molar-refractivity contribution in [2.75, 3.05) is 5.32 Å². The zero-order chi connectivity index (χ0) is 15.3. The molecule has 3 N–H and O–H groups in total. The number of benzene rings is 1. The number of urea groups is 1. The van der Waals surface area contributed by atoms with Gasteiger partial charge in [-0.3, -0.25) is 0 Å². The zero-order valence-electron chi connectivity index (χ0n) is 11.7. The van der Waals surface area contributed by atoms with Crippen molar-refractivity contribution in [2.45, 2.75) is 33.2 Å². The first-order valence-corrected chi connectivity index (χ1v) is 6.79. The van der Waals surface area contributed by atoms with Gasteiger partial charge in [0.1, 0.15) is 6.04 Å². The maximum Gasteiger partial charge on any atom is 0.326 e. The highest BCUT2D eigenvalue weighted by Gasteiger charge is 2.25. The molecular weight excluding hydrogens is 280 g/mol. The van der Waals surface area contributed by atoms with Gasteiger partial charge in [-0.2, -0.15) is 0 Å². The Bertz CT molecular complexity index is 505. The van der Waals surface area contributed by atoms with Crippen molar-refractivity contribution < 1.29 is 14.7 Å². The van der Waals surface area contributed by atoms with Crippen molar-refractivity contribution in [1.29, 1.82) is 0 Å². The van der Waals surface area contributed by atoms with Gasteiger partial charge < -0.3 is 15.7 Å². The molecule has 20 heavy (non-hydrogen) atoms. The van der Waals surface area contributed by atoms with E-state index in [1.165, 1.54) is 0 Å². The van der Waals surface area contributed by atoms with Crippen LogP contribution in [0.3, 0.4) is 0 Å². The smallest absolute Gasteiger partial charge is 0.326 e. The Kier molecular flexibility index (Phi) is 5.82. The number of carbonyl (C=O) groups excluding carboxylic acids is 1. The molecule has 0 radical (unpaired) electrons. The molecule has 0 unspecified atom stereocenters. The van der Waals surface area contributed by atoms with E-state index in [1.807, 2.05) is 19.9 Å². The van der Waals surface area contributed by atoms with Gasteiger partial charge in [0.2, 0.25) is 0 Å². The highest BCUT2D eigenvalue weighted by atomic mass is 35.5. The van der Waals surface area contributed by atoms with E-state index >= 15 is 0 Å². The molecule has 110 valence electrons. The standard InChI is InChI=1S/C14H19ClN2O3/c1-4-9(3)12(13(18)19)17-14(20)16-11-6-5-8(2)7-10(11)15/h5-7,9,12H,4H2,1-3H3,(H,18,19)(H2,16,17,20)/t9-,12-/m0/s1. The number of rotatable bonds is 5. The summed E-state index contributed by atoms with van der Waals surface area (Å²) in [5.41, 5.74) is 1.42. The van der Waals surface area contributed by atoms with Crippen LogP contribution in [0.25, 0.3) is 0 Å². The summed E-state index contributed by atoms with van der Waals surface area (Å²) in [6.07, 6.45) is 0.655. The minimum Gasteiger partial charge on any atom is -0.480 e. The first-order valence-electron chi connectivity index (χ1n) is 6.41. The van der Waals surface area contributed by atoms with Crippen molar-refractivity contribution >= 4 is 29.3 Å². The number of aryl methyl sites for hydroxylation is 1. The molecule has 0 aliphatic heterocycles. The highest BCUT2D eigenvalue weighted by molar-refractivity contribution is 6.33. The van der Waals surface area contributed by atoms with Crippen LogP contribution in [0.2, 0.25) is 5.02 Å². The van der Waals surface area contributed by atoms with Gasteiger partial charge in [-0.05, 0) is 30.5 Å². The maximum absolute atomic E-state index is 11.8. The average Bonchev–Trinajstić information content (AvgIpc) is 2.38. The second-order valence-corrected chi connectivity index (χ2v) is 5.19. The molecular formula is C14H19ClN2O3. The molecule has 0 spiro atoms. The zero-order valence-corrected chi connectivity index (χ0v) is 12.5. The number of nitrogens with one attached hydrogen (secondary N) is 2. The molecule has 0 aliphatic rings. The number of hydrogen-bond acceptors (Lipinski definition) is 2. The summed E-state index contributed by atoms with van der Waals surface area (Å²) in [5.74, 6) is -1.21. The number of carboxylic acids is 1. The van der Waals surface area contributed by atoms with Gasteiger partial charge in [0.05, 0.1) is 10.7 Å².